The molecule has 0 atom stereocenters. The lowest BCUT2D eigenvalue weighted by atomic mass is 10.1. The SMILES string of the molecule is Cc1ccnc(NCCN(C)C(C)C)c1C#N. The number of nitrogens with one attached hydrogen (secondary N) is 1. The fraction of sp³-hybridized carbons (Fsp3) is 0.538. The van der Waals surface area contributed by atoms with Gasteiger partial charge in [0.05, 0.1) is 5.56 Å². The summed E-state index contributed by atoms with van der Waals surface area (Å²) < 4.78 is 0. The van der Waals surface area contributed by atoms with Gasteiger partial charge in [-0.05, 0) is 39.4 Å². The zero-order valence-electron chi connectivity index (χ0n) is 11.0. The van der Waals surface area contributed by atoms with Crippen molar-refractivity contribution in [1.29, 1.82) is 5.26 Å². The summed E-state index contributed by atoms with van der Waals surface area (Å²) in [5, 5.41) is 12.3. The predicted molar refractivity (Wildman–Crippen MR) is 69.9 cm³/mol. The molecule has 0 saturated carbocycles. The summed E-state index contributed by atoms with van der Waals surface area (Å²) in [5.74, 6) is 0.685. The molecule has 0 aromatic carbocycles. The molecule has 0 spiro atoms. The Bertz CT molecular complexity index is 406. The number of nitrogens with zero attached hydrogens (tertiary/aromatic N) is 3. The van der Waals surface area contributed by atoms with Crippen molar-refractivity contribution in [3.8, 4) is 6.07 Å². The Hall–Kier alpha value is -1.60. The minimum atomic E-state index is 0.526. The van der Waals surface area contributed by atoms with Crippen molar-refractivity contribution in [2.75, 3.05) is 25.5 Å². The number of pyridine rings is 1. The van der Waals surface area contributed by atoms with Crippen LogP contribution in [0.2, 0.25) is 0 Å². The van der Waals surface area contributed by atoms with Crippen molar-refractivity contribution in [2.24, 2.45) is 0 Å². The zero-order valence-corrected chi connectivity index (χ0v) is 11.0. The molecular weight excluding hydrogens is 212 g/mol. The van der Waals surface area contributed by atoms with Crippen LogP contribution in [0.3, 0.4) is 0 Å². The maximum absolute atomic E-state index is 9.06. The first-order valence-electron chi connectivity index (χ1n) is 5.86. The molecule has 92 valence electrons. The smallest absolute Gasteiger partial charge is 0.144 e. The Balaban J connectivity index is 2.59. The van der Waals surface area contributed by atoms with E-state index >= 15 is 0 Å². The lowest BCUT2D eigenvalue weighted by Gasteiger charge is -2.21. The Morgan fingerprint density at radius 2 is 2.24 bits per heavy atom. The van der Waals surface area contributed by atoms with Crippen LogP contribution in [0.25, 0.3) is 0 Å². The first kappa shape index (κ1) is 13.5. The van der Waals surface area contributed by atoms with E-state index in [-0.39, 0.29) is 0 Å². The number of hydrogen-bond acceptors (Lipinski definition) is 4. The fourth-order valence-electron chi connectivity index (χ4n) is 1.44. The minimum Gasteiger partial charge on any atom is -0.368 e. The highest BCUT2D eigenvalue weighted by Gasteiger charge is 2.07. The normalized spacial score (nSPS) is 10.6. The minimum absolute atomic E-state index is 0.526. The Morgan fingerprint density at radius 1 is 1.53 bits per heavy atom. The summed E-state index contributed by atoms with van der Waals surface area (Å²) in [6, 6.07) is 4.56. The average Bonchev–Trinajstić information content (AvgIpc) is 2.29. The number of anilines is 1. The lowest BCUT2D eigenvalue weighted by molar-refractivity contribution is 0.284. The maximum atomic E-state index is 9.06. The van der Waals surface area contributed by atoms with E-state index in [1.54, 1.807) is 6.20 Å². The number of rotatable bonds is 5. The third-order valence-electron chi connectivity index (χ3n) is 2.91. The van der Waals surface area contributed by atoms with Crippen LogP contribution in [0.1, 0.15) is 25.0 Å². The number of likely N-dealkylation sites (N-methyl/N-ethyl adjacent to an activating group) is 1. The summed E-state index contributed by atoms with van der Waals surface area (Å²) in [6.45, 7) is 7.96. The second-order valence-electron chi connectivity index (χ2n) is 4.46. The molecule has 0 aliphatic heterocycles. The monoisotopic (exact) mass is 232 g/mol. The van der Waals surface area contributed by atoms with Crippen LogP contribution < -0.4 is 5.32 Å². The third-order valence-corrected chi connectivity index (χ3v) is 2.91. The van der Waals surface area contributed by atoms with Crippen molar-refractivity contribution in [3.05, 3.63) is 23.4 Å². The molecule has 1 N–H and O–H groups in total. The molecule has 0 amide bonds. The van der Waals surface area contributed by atoms with Crippen LogP contribution in [0.4, 0.5) is 5.82 Å². The topological polar surface area (TPSA) is 52.0 Å². The van der Waals surface area contributed by atoms with E-state index in [2.05, 4.69) is 42.2 Å². The summed E-state index contributed by atoms with van der Waals surface area (Å²) in [5.41, 5.74) is 1.60. The molecular formula is C13H20N4. The number of aryl methyl sites for hydroxylation is 1. The van der Waals surface area contributed by atoms with E-state index in [1.807, 2.05) is 13.0 Å². The third kappa shape index (κ3) is 3.72. The van der Waals surface area contributed by atoms with Crippen LogP contribution in [0, 0.1) is 18.3 Å². The van der Waals surface area contributed by atoms with E-state index in [0.717, 1.165) is 18.7 Å². The van der Waals surface area contributed by atoms with E-state index in [9.17, 15) is 0 Å². The fourth-order valence-corrected chi connectivity index (χ4v) is 1.44. The maximum Gasteiger partial charge on any atom is 0.144 e. The van der Waals surface area contributed by atoms with Gasteiger partial charge < -0.3 is 10.2 Å². The molecule has 0 aliphatic carbocycles. The summed E-state index contributed by atoms with van der Waals surface area (Å²) in [4.78, 5) is 6.44. The van der Waals surface area contributed by atoms with Gasteiger partial charge in [0.1, 0.15) is 11.9 Å². The molecule has 0 radical (unpaired) electrons. The van der Waals surface area contributed by atoms with E-state index in [4.69, 9.17) is 5.26 Å². The van der Waals surface area contributed by atoms with Gasteiger partial charge in [-0.3, -0.25) is 0 Å². The van der Waals surface area contributed by atoms with Crippen molar-refractivity contribution >= 4 is 5.82 Å². The van der Waals surface area contributed by atoms with Crippen LogP contribution in [0.5, 0.6) is 0 Å². The molecule has 1 aromatic heterocycles. The molecule has 0 saturated heterocycles. The van der Waals surface area contributed by atoms with Crippen LogP contribution in [-0.2, 0) is 0 Å². The molecule has 0 bridgehead atoms. The lowest BCUT2D eigenvalue weighted by Crippen LogP contribution is -2.31. The highest BCUT2D eigenvalue weighted by molar-refractivity contribution is 5.55. The van der Waals surface area contributed by atoms with Gasteiger partial charge >= 0.3 is 0 Å². The molecule has 1 aromatic rings. The first-order valence-corrected chi connectivity index (χ1v) is 5.86. The standard InChI is InChI=1S/C13H20N4/c1-10(2)17(4)8-7-16-13-12(9-14)11(3)5-6-15-13/h5-6,10H,7-8H2,1-4H3,(H,15,16). The van der Waals surface area contributed by atoms with E-state index < -0.39 is 0 Å². The molecule has 17 heavy (non-hydrogen) atoms. The van der Waals surface area contributed by atoms with Gasteiger partial charge in [0.2, 0.25) is 0 Å². The Morgan fingerprint density at radius 3 is 2.82 bits per heavy atom. The largest absolute Gasteiger partial charge is 0.368 e. The van der Waals surface area contributed by atoms with Gasteiger partial charge in [0.25, 0.3) is 0 Å². The zero-order chi connectivity index (χ0) is 12.8. The Kier molecular flexibility index (Phi) is 4.92. The number of nitriles is 1. The van der Waals surface area contributed by atoms with Crippen molar-refractivity contribution in [2.45, 2.75) is 26.8 Å². The first-order chi connectivity index (χ1) is 8.06. The highest BCUT2D eigenvalue weighted by atomic mass is 15.1. The van der Waals surface area contributed by atoms with Crippen LogP contribution in [0.15, 0.2) is 12.3 Å². The summed E-state index contributed by atoms with van der Waals surface area (Å²) >= 11 is 0. The summed E-state index contributed by atoms with van der Waals surface area (Å²) in [6.07, 6.45) is 1.73. The van der Waals surface area contributed by atoms with E-state index in [0.29, 0.717) is 17.4 Å². The number of hydrogen-bond donors (Lipinski definition) is 1. The van der Waals surface area contributed by atoms with Crippen molar-refractivity contribution in [1.82, 2.24) is 9.88 Å². The average molecular weight is 232 g/mol. The van der Waals surface area contributed by atoms with E-state index in [1.165, 1.54) is 0 Å². The molecule has 1 heterocycles. The molecule has 1 rings (SSSR count). The van der Waals surface area contributed by atoms with Crippen molar-refractivity contribution < 1.29 is 0 Å². The number of aromatic nitrogens is 1. The molecule has 0 aliphatic rings. The molecule has 0 unspecified atom stereocenters. The predicted octanol–water partition coefficient (Wildman–Crippen LogP) is 2.01. The second-order valence-corrected chi connectivity index (χ2v) is 4.46. The van der Waals surface area contributed by atoms with Crippen LogP contribution in [-0.4, -0.2) is 36.1 Å². The van der Waals surface area contributed by atoms with Crippen LogP contribution >= 0.6 is 0 Å². The second kappa shape index (κ2) is 6.21. The van der Waals surface area contributed by atoms with Gasteiger partial charge in [-0.1, -0.05) is 0 Å². The summed E-state index contributed by atoms with van der Waals surface area (Å²) in [7, 11) is 2.08. The molecule has 0 fully saturated rings. The van der Waals surface area contributed by atoms with Gasteiger partial charge in [0, 0.05) is 25.3 Å². The molecule has 4 nitrogen and oxygen atoms in total. The quantitative estimate of drug-likeness (QED) is 0.843. The Labute approximate surface area is 103 Å². The van der Waals surface area contributed by atoms with Gasteiger partial charge in [0.15, 0.2) is 0 Å². The molecule has 4 heteroatoms. The van der Waals surface area contributed by atoms with Gasteiger partial charge in [-0.2, -0.15) is 5.26 Å². The highest BCUT2D eigenvalue weighted by Crippen LogP contribution is 2.14. The van der Waals surface area contributed by atoms with Gasteiger partial charge in [-0.15, -0.1) is 0 Å². The van der Waals surface area contributed by atoms with Crippen molar-refractivity contribution in [3.63, 3.8) is 0 Å². The van der Waals surface area contributed by atoms with Gasteiger partial charge in [-0.25, -0.2) is 4.98 Å².